The molecule has 1 atom stereocenters. The van der Waals surface area contributed by atoms with Crippen LogP contribution in [0.1, 0.15) is 58.1 Å². The van der Waals surface area contributed by atoms with Crippen molar-refractivity contribution in [1.29, 1.82) is 0 Å². The largest absolute Gasteiger partial charge is 1.00 e. The van der Waals surface area contributed by atoms with E-state index in [1.807, 2.05) is 25.1 Å². The molecule has 0 aliphatic heterocycles. The molecule has 1 unspecified atom stereocenters. The molecule has 0 aromatic heterocycles. The average molecular weight is 457 g/mol. The maximum atomic E-state index is 12.7. The molecule has 7 heteroatoms. The molecule has 2 aromatic rings. The van der Waals surface area contributed by atoms with Crippen LogP contribution in [0.2, 0.25) is 0 Å². The fraction of sp³-hybridized carbons (Fsp3) is 0.435. The minimum atomic E-state index is -3.58. The molecule has 0 heterocycles. The third kappa shape index (κ3) is 9.72. The summed E-state index contributed by atoms with van der Waals surface area (Å²) in [5.74, 6) is 0.351. The Morgan fingerprint density at radius 2 is 1.83 bits per heavy atom. The monoisotopic (exact) mass is 456 g/mol. The summed E-state index contributed by atoms with van der Waals surface area (Å²) in [5.41, 5.74) is 2.51. The van der Waals surface area contributed by atoms with E-state index in [1.54, 1.807) is 38.1 Å². The van der Waals surface area contributed by atoms with Crippen molar-refractivity contribution in [1.82, 2.24) is 0 Å². The van der Waals surface area contributed by atoms with Gasteiger partial charge >= 0.3 is 51.4 Å². The van der Waals surface area contributed by atoms with Gasteiger partial charge in [-0.3, -0.25) is 4.72 Å². The molecule has 0 amide bonds. The number of hydrogen-bond donors (Lipinski definition) is 2. The van der Waals surface area contributed by atoms with Crippen LogP contribution in [0.15, 0.2) is 47.4 Å². The molecule has 0 radical (unpaired) electrons. The quantitative estimate of drug-likeness (QED) is 0.466. The van der Waals surface area contributed by atoms with Crippen LogP contribution in [-0.2, 0) is 21.2 Å². The van der Waals surface area contributed by atoms with Crippen LogP contribution in [0.3, 0.4) is 0 Å². The number of aliphatic hydroxyl groups is 1. The Bertz CT molecular complexity index is 882. The minimum absolute atomic E-state index is 0. The smallest absolute Gasteiger partial charge is 0.539 e. The summed E-state index contributed by atoms with van der Waals surface area (Å²) in [6.07, 6.45) is 2.18. The third-order valence-corrected chi connectivity index (χ3v) is 5.75. The zero-order valence-electron chi connectivity index (χ0n) is 18.8. The molecule has 0 saturated carbocycles. The molecule has 0 saturated heterocycles. The van der Waals surface area contributed by atoms with Crippen LogP contribution >= 0.6 is 0 Å². The van der Waals surface area contributed by atoms with Crippen molar-refractivity contribution >= 4 is 22.0 Å². The first-order valence-corrected chi connectivity index (χ1v) is 11.3. The molecule has 0 spiro atoms. The maximum Gasteiger partial charge on any atom is 1.00 e. The summed E-state index contributed by atoms with van der Waals surface area (Å²) in [6, 6.07) is 15.5. The van der Waals surface area contributed by atoms with Crippen molar-refractivity contribution in [2.24, 2.45) is 5.92 Å². The first kappa shape index (κ1) is 29.5. The number of anilines is 1. The van der Waals surface area contributed by atoms with Crippen LogP contribution in [-0.4, -0.2) is 25.9 Å². The molecule has 0 fully saturated rings. The molecule has 0 bridgehead atoms. The second-order valence-electron chi connectivity index (χ2n) is 7.48. The summed E-state index contributed by atoms with van der Waals surface area (Å²) in [5, 5.41) is 8.51. The van der Waals surface area contributed by atoms with Gasteiger partial charge in [-0.15, -0.1) is 5.56 Å². The summed E-state index contributed by atoms with van der Waals surface area (Å²) in [7, 11) is -3.58. The maximum absolute atomic E-state index is 12.7. The zero-order chi connectivity index (χ0) is 22.0. The van der Waals surface area contributed by atoms with Gasteiger partial charge in [0.2, 0.25) is 10.0 Å². The number of carbonyl (C=O) groups excluding carboxylic acids is 1. The Morgan fingerprint density at radius 1 is 1.17 bits per heavy atom. The second-order valence-corrected chi connectivity index (χ2v) is 9.13. The van der Waals surface area contributed by atoms with Crippen LogP contribution < -0.4 is 56.1 Å². The van der Waals surface area contributed by atoms with Crippen molar-refractivity contribution < 1.29 is 69.7 Å². The van der Waals surface area contributed by atoms with Crippen molar-refractivity contribution in [2.45, 2.75) is 64.4 Å². The Labute approximate surface area is 224 Å². The molecule has 30 heavy (non-hydrogen) atoms. The summed E-state index contributed by atoms with van der Waals surface area (Å²) in [6.45, 7) is 9.72. The standard InChI is InChI=1S/C18H22NO2S.C5H9O2.K/c1-4-8-15-9-5-6-12-18(15)22(20,21)19-17-11-7-10-16(13-17)14(2)3;1-4(2)5(7)3-6;/h6-7,9-14,19H,4,8H2,1-3H3;4-5,7H,1-2H3;/q2*-1;+1. The molecule has 2 aromatic carbocycles. The molecular weight excluding hydrogens is 425 g/mol. The van der Waals surface area contributed by atoms with Gasteiger partial charge in [0.05, 0.1) is 0 Å². The molecule has 0 aliphatic rings. The predicted octanol–water partition coefficient (Wildman–Crippen LogP) is 1.48. The normalized spacial score (nSPS) is 11.9. The molecular formula is C23H31KNO4S-. The summed E-state index contributed by atoms with van der Waals surface area (Å²) >= 11 is 0. The van der Waals surface area contributed by atoms with Crippen LogP contribution in [0.5, 0.6) is 0 Å². The minimum Gasteiger partial charge on any atom is -0.539 e. The SMILES string of the molecule is CC(C)C(O)[C-]=O.CCCc1c[c-]ccc1S(=O)(=O)Nc1cccc(C(C)C)c1.[K+]. The van der Waals surface area contributed by atoms with Crippen LogP contribution in [0.25, 0.3) is 0 Å². The Kier molecular flexibility index (Phi) is 14.2. The van der Waals surface area contributed by atoms with E-state index in [1.165, 1.54) is 6.29 Å². The van der Waals surface area contributed by atoms with Gasteiger partial charge in [-0.1, -0.05) is 59.6 Å². The van der Waals surface area contributed by atoms with Crippen LogP contribution in [0.4, 0.5) is 5.69 Å². The van der Waals surface area contributed by atoms with E-state index in [9.17, 15) is 13.2 Å². The first-order chi connectivity index (χ1) is 13.6. The van der Waals surface area contributed by atoms with Gasteiger partial charge in [-0.25, -0.2) is 14.7 Å². The molecule has 2 rings (SSSR count). The van der Waals surface area contributed by atoms with Gasteiger partial charge in [-0.05, 0) is 40.5 Å². The third-order valence-electron chi connectivity index (χ3n) is 4.27. The van der Waals surface area contributed by atoms with Gasteiger partial charge < -0.3 is 9.90 Å². The van der Waals surface area contributed by atoms with E-state index in [-0.39, 0.29) is 57.3 Å². The van der Waals surface area contributed by atoms with Crippen molar-refractivity contribution in [2.75, 3.05) is 4.72 Å². The van der Waals surface area contributed by atoms with Crippen molar-refractivity contribution in [3.63, 3.8) is 0 Å². The predicted molar refractivity (Wildman–Crippen MR) is 117 cm³/mol. The fourth-order valence-electron chi connectivity index (χ4n) is 2.49. The van der Waals surface area contributed by atoms with Gasteiger partial charge in [0.15, 0.2) is 0 Å². The number of nitrogens with one attached hydrogen (secondary N) is 1. The molecule has 160 valence electrons. The van der Waals surface area contributed by atoms with E-state index >= 15 is 0 Å². The van der Waals surface area contributed by atoms with Gasteiger partial charge in [0.25, 0.3) is 0 Å². The number of aryl methyl sites for hydroxylation is 1. The van der Waals surface area contributed by atoms with E-state index in [0.29, 0.717) is 16.5 Å². The van der Waals surface area contributed by atoms with Gasteiger partial charge in [0, 0.05) is 5.69 Å². The van der Waals surface area contributed by atoms with Gasteiger partial charge in [0.1, 0.15) is 0 Å². The average Bonchev–Trinajstić information content (AvgIpc) is 2.68. The molecule has 0 aliphatic carbocycles. The van der Waals surface area contributed by atoms with Crippen LogP contribution in [0, 0.1) is 12.0 Å². The Morgan fingerprint density at radius 3 is 2.33 bits per heavy atom. The van der Waals surface area contributed by atoms with E-state index in [0.717, 1.165) is 24.0 Å². The van der Waals surface area contributed by atoms with E-state index < -0.39 is 16.1 Å². The first-order valence-electron chi connectivity index (χ1n) is 9.79. The topological polar surface area (TPSA) is 83.5 Å². The number of sulfonamides is 1. The number of aliphatic hydroxyl groups excluding tert-OH is 1. The Hall–Kier alpha value is -0.544. The number of rotatable bonds is 8. The van der Waals surface area contributed by atoms with Gasteiger partial charge in [-0.2, -0.15) is 24.3 Å². The van der Waals surface area contributed by atoms with Crippen molar-refractivity contribution in [3.05, 3.63) is 59.7 Å². The summed E-state index contributed by atoms with van der Waals surface area (Å²) in [4.78, 5) is 9.91. The molecule has 2 N–H and O–H groups in total. The van der Waals surface area contributed by atoms with Crippen molar-refractivity contribution in [3.8, 4) is 0 Å². The number of hydrogen-bond acceptors (Lipinski definition) is 4. The Balaban J connectivity index is 0.000000909. The summed E-state index contributed by atoms with van der Waals surface area (Å²) < 4.78 is 28.0. The zero-order valence-corrected chi connectivity index (χ0v) is 22.7. The molecule has 5 nitrogen and oxygen atoms in total. The number of benzene rings is 2. The van der Waals surface area contributed by atoms with E-state index in [4.69, 9.17) is 5.11 Å². The van der Waals surface area contributed by atoms with E-state index in [2.05, 4.69) is 24.6 Å². The second kappa shape index (κ2) is 14.5. The fourth-order valence-corrected chi connectivity index (χ4v) is 3.79.